The van der Waals surface area contributed by atoms with Gasteiger partial charge in [0.1, 0.15) is 0 Å². The third-order valence-electron chi connectivity index (χ3n) is 3.62. The number of hydrogen-bond acceptors (Lipinski definition) is 4. The van der Waals surface area contributed by atoms with Crippen LogP contribution in [0.4, 0.5) is 4.79 Å². The molecule has 0 saturated heterocycles. The minimum Gasteiger partial charge on any atom is -0.469 e. The molecule has 22 heavy (non-hydrogen) atoms. The molecule has 0 aromatic heterocycles. The van der Waals surface area contributed by atoms with Crippen molar-refractivity contribution in [3.05, 3.63) is 0 Å². The van der Waals surface area contributed by atoms with E-state index >= 15 is 0 Å². The Kier molecular flexibility index (Phi) is 13.8. The van der Waals surface area contributed by atoms with Gasteiger partial charge in [0.15, 0.2) is 0 Å². The van der Waals surface area contributed by atoms with Gasteiger partial charge in [-0.05, 0) is 25.7 Å². The molecule has 0 aliphatic carbocycles. The van der Waals surface area contributed by atoms with Gasteiger partial charge in [0.25, 0.3) is 0 Å². The number of carbonyl (C=O) groups is 2. The van der Waals surface area contributed by atoms with E-state index in [1.807, 2.05) is 0 Å². The Morgan fingerprint density at radius 3 is 2.18 bits per heavy atom. The number of hydrogen-bond donors (Lipinski definition) is 1. The van der Waals surface area contributed by atoms with E-state index in [4.69, 9.17) is 4.74 Å². The lowest BCUT2D eigenvalue weighted by molar-refractivity contribution is -0.140. The topological polar surface area (TPSA) is 64.6 Å². The van der Waals surface area contributed by atoms with Crippen molar-refractivity contribution >= 4 is 12.1 Å². The lowest BCUT2D eigenvalue weighted by Crippen LogP contribution is -2.35. The number of carbonyl (C=O) groups excluding carboxylic acids is 2. The Morgan fingerprint density at radius 2 is 1.59 bits per heavy atom. The minimum atomic E-state index is -0.317. The molecule has 130 valence electrons. The molecule has 0 radical (unpaired) electrons. The van der Waals surface area contributed by atoms with Crippen molar-refractivity contribution in [2.75, 3.05) is 13.7 Å². The Morgan fingerprint density at radius 1 is 0.955 bits per heavy atom. The normalized spacial score (nSPS) is 11.8. The van der Waals surface area contributed by atoms with Crippen LogP contribution in [-0.4, -0.2) is 31.8 Å². The molecule has 0 heterocycles. The second-order valence-corrected chi connectivity index (χ2v) is 5.65. The van der Waals surface area contributed by atoms with E-state index in [1.54, 1.807) is 0 Å². The van der Waals surface area contributed by atoms with E-state index in [2.05, 4.69) is 23.9 Å². The van der Waals surface area contributed by atoms with E-state index in [1.165, 1.54) is 13.5 Å². The number of unbranched alkanes of at least 4 members (excludes halogenated alkanes) is 4. The second-order valence-electron chi connectivity index (χ2n) is 5.65. The van der Waals surface area contributed by atoms with Crippen LogP contribution in [0.15, 0.2) is 0 Å². The van der Waals surface area contributed by atoms with Crippen molar-refractivity contribution in [3.63, 3.8) is 0 Å². The molecule has 0 aromatic carbocycles. The minimum absolute atomic E-state index is 0.137. The highest BCUT2D eigenvalue weighted by atomic mass is 16.5. The Hall–Kier alpha value is -1.26. The van der Waals surface area contributed by atoms with Crippen LogP contribution in [0.3, 0.4) is 0 Å². The largest absolute Gasteiger partial charge is 0.469 e. The maximum absolute atomic E-state index is 11.7. The first-order valence-electron chi connectivity index (χ1n) is 8.64. The van der Waals surface area contributed by atoms with Crippen LogP contribution in [-0.2, 0) is 14.3 Å². The summed E-state index contributed by atoms with van der Waals surface area (Å²) in [4.78, 5) is 22.8. The highest BCUT2D eigenvalue weighted by molar-refractivity contribution is 5.69. The van der Waals surface area contributed by atoms with Crippen molar-refractivity contribution in [2.45, 2.75) is 84.1 Å². The smallest absolute Gasteiger partial charge is 0.407 e. The lowest BCUT2D eigenvalue weighted by Gasteiger charge is -2.18. The molecule has 0 saturated carbocycles. The summed E-state index contributed by atoms with van der Waals surface area (Å²) in [6.07, 6.45) is 9.02. The molecule has 1 amide bonds. The van der Waals surface area contributed by atoms with Gasteiger partial charge in [-0.3, -0.25) is 4.79 Å². The van der Waals surface area contributed by atoms with Crippen LogP contribution in [0.1, 0.15) is 78.1 Å². The van der Waals surface area contributed by atoms with Gasteiger partial charge in [-0.15, -0.1) is 0 Å². The molecule has 0 aromatic rings. The fraction of sp³-hybridized carbons (Fsp3) is 0.882. The summed E-state index contributed by atoms with van der Waals surface area (Å²) in [5.41, 5.74) is 0. The third kappa shape index (κ3) is 12.5. The Balaban J connectivity index is 4.02. The second kappa shape index (κ2) is 14.7. The first-order valence-corrected chi connectivity index (χ1v) is 8.64. The molecule has 0 spiro atoms. The molecule has 0 aliphatic rings. The summed E-state index contributed by atoms with van der Waals surface area (Å²) in [6.45, 7) is 4.71. The van der Waals surface area contributed by atoms with Gasteiger partial charge in [0, 0.05) is 12.5 Å². The predicted molar refractivity (Wildman–Crippen MR) is 87.8 cm³/mol. The van der Waals surface area contributed by atoms with Crippen LogP contribution >= 0.6 is 0 Å². The van der Waals surface area contributed by atoms with Crippen molar-refractivity contribution in [2.24, 2.45) is 0 Å². The van der Waals surface area contributed by atoms with Gasteiger partial charge in [-0.2, -0.15) is 0 Å². The number of amides is 1. The van der Waals surface area contributed by atoms with Crippen molar-refractivity contribution in [3.8, 4) is 0 Å². The zero-order valence-corrected chi connectivity index (χ0v) is 14.5. The Labute approximate surface area is 135 Å². The van der Waals surface area contributed by atoms with Gasteiger partial charge >= 0.3 is 12.1 Å². The predicted octanol–water partition coefficient (Wildman–Crippen LogP) is 4.20. The summed E-state index contributed by atoms with van der Waals surface area (Å²) in [5.74, 6) is -0.172. The van der Waals surface area contributed by atoms with E-state index in [9.17, 15) is 9.59 Å². The number of nitrogens with one attached hydrogen (secondary N) is 1. The summed E-state index contributed by atoms with van der Waals surface area (Å²) in [7, 11) is 1.41. The van der Waals surface area contributed by atoms with Gasteiger partial charge in [-0.25, -0.2) is 4.79 Å². The molecular weight excluding hydrogens is 282 g/mol. The van der Waals surface area contributed by atoms with Gasteiger partial charge < -0.3 is 14.8 Å². The number of ether oxygens (including phenoxy) is 2. The van der Waals surface area contributed by atoms with E-state index < -0.39 is 0 Å². The van der Waals surface area contributed by atoms with Crippen LogP contribution < -0.4 is 5.32 Å². The van der Waals surface area contributed by atoms with Crippen LogP contribution in [0, 0.1) is 0 Å². The first kappa shape index (κ1) is 20.7. The molecule has 0 aliphatic heterocycles. The fourth-order valence-electron chi connectivity index (χ4n) is 2.21. The number of esters is 1. The van der Waals surface area contributed by atoms with Crippen LogP contribution in [0.25, 0.3) is 0 Å². The highest BCUT2D eigenvalue weighted by Crippen LogP contribution is 2.11. The summed E-state index contributed by atoms with van der Waals surface area (Å²) < 4.78 is 9.78. The monoisotopic (exact) mass is 315 g/mol. The van der Waals surface area contributed by atoms with Gasteiger partial charge in [-0.1, -0.05) is 46.0 Å². The standard InChI is InChI=1S/C17H33NO4/c1-4-6-8-11-15(12-9-10-13-16(19)21-3)18-17(20)22-14-7-5-2/h15H,4-14H2,1-3H3,(H,18,20). The molecule has 1 atom stereocenters. The van der Waals surface area contributed by atoms with Crippen LogP contribution in [0.2, 0.25) is 0 Å². The number of rotatable bonds is 13. The average molecular weight is 315 g/mol. The molecular formula is C17H33NO4. The van der Waals surface area contributed by atoms with E-state index in [0.29, 0.717) is 13.0 Å². The lowest BCUT2D eigenvalue weighted by atomic mass is 10.0. The van der Waals surface area contributed by atoms with Gasteiger partial charge in [0.2, 0.25) is 0 Å². The van der Waals surface area contributed by atoms with E-state index in [0.717, 1.165) is 51.4 Å². The van der Waals surface area contributed by atoms with Crippen molar-refractivity contribution in [1.82, 2.24) is 5.32 Å². The zero-order valence-electron chi connectivity index (χ0n) is 14.5. The molecule has 0 rings (SSSR count). The van der Waals surface area contributed by atoms with Crippen molar-refractivity contribution in [1.29, 1.82) is 0 Å². The molecule has 1 N–H and O–H groups in total. The first-order chi connectivity index (χ1) is 10.6. The fourth-order valence-corrected chi connectivity index (χ4v) is 2.21. The number of methoxy groups -OCH3 is 1. The maximum atomic E-state index is 11.7. The molecule has 5 nitrogen and oxygen atoms in total. The SMILES string of the molecule is CCCCCC(CCCCC(=O)OC)NC(=O)OCCCC. The summed E-state index contributed by atoms with van der Waals surface area (Å²) in [6, 6.07) is 0.137. The average Bonchev–Trinajstić information content (AvgIpc) is 2.51. The summed E-state index contributed by atoms with van der Waals surface area (Å²) in [5, 5.41) is 2.96. The van der Waals surface area contributed by atoms with Gasteiger partial charge in [0.05, 0.1) is 13.7 Å². The third-order valence-corrected chi connectivity index (χ3v) is 3.62. The van der Waals surface area contributed by atoms with Crippen LogP contribution in [0.5, 0.6) is 0 Å². The highest BCUT2D eigenvalue weighted by Gasteiger charge is 2.13. The molecule has 1 unspecified atom stereocenters. The summed E-state index contributed by atoms with van der Waals surface area (Å²) >= 11 is 0. The number of alkyl carbamates (subject to hydrolysis) is 1. The zero-order chi connectivity index (χ0) is 16.6. The maximum Gasteiger partial charge on any atom is 0.407 e. The molecule has 0 fully saturated rings. The quantitative estimate of drug-likeness (QED) is 0.409. The molecule has 0 bridgehead atoms. The Bertz CT molecular complexity index is 294. The molecule has 5 heteroatoms. The van der Waals surface area contributed by atoms with Crippen molar-refractivity contribution < 1.29 is 19.1 Å². The van der Waals surface area contributed by atoms with E-state index in [-0.39, 0.29) is 18.1 Å².